The van der Waals surface area contributed by atoms with Crippen molar-refractivity contribution in [2.45, 2.75) is 19.3 Å². The predicted octanol–water partition coefficient (Wildman–Crippen LogP) is 6.27. The summed E-state index contributed by atoms with van der Waals surface area (Å²) in [4.78, 5) is 17.7. The smallest absolute Gasteiger partial charge is 0.233 e. The van der Waals surface area contributed by atoms with Crippen LogP contribution in [0.25, 0.3) is 0 Å². The van der Waals surface area contributed by atoms with Crippen molar-refractivity contribution in [3.63, 3.8) is 0 Å². The Hall–Kier alpha value is -3.44. The molecule has 0 spiro atoms. The molecule has 4 nitrogen and oxygen atoms in total. The van der Waals surface area contributed by atoms with Crippen LogP contribution in [0.15, 0.2) is 90.4 Å². The van der Waals surface area contributed by atoms with Gasteiger partial charge < -0.3 is 10.1 Å². The second-order valence-electron chi connectivity index (χ2n) is 8.01. The summed E-state index contributed by atoms with van der Waals surface area (Å²) in [6.07, 6.45) is 2.36. The highest BCUT2D eigenvalue weighted by molar-refractivity contribution is 7.13. The largest absolute Gasteiger partial charge is 0.457 e. The fourth-order valence-electron chi connectivity index (χ4n) is 4.46. The van der Waals surface area contributed by atoms with Gasteiger partial charge in [-0.3, -0.25) is 4.79 Å². The summed E-state index contributed by atoms with van der Waals surface area (Å²) in [6, 6.07) is 26.2. The van der Waals surface area contributed by atoms with Gasteiger partial charge >= 0.3 is 0 Å². The van der Waals surface area contributed by atoms with Gasteiger partial charge in [-0.2, -0.15) is 0 Å². The number of ether oxygens (including phenoxy) is 1. The van der Waals surface area contributed by atoms with Crippen molar-refractivity contribution < 1.29 is 9.53 Å². The molecule has 2 atom stereocenters. The lowest BCUT2D eigenvalue weighted by atomic mass is 9.73. The Balaban J connectivity index is 1.54. The molecule has 0 unspecified atom stereocenters. The third-order valence-electron chi connectivity index (χ3n) is 5.91. The van der Waals surface area contributed by atoms with Crippen LogP contribution in [-0.4, -0.2) is 10.9 Å². The molecule has 0 saturated heterocycles. The maximum Gasteiger partial charge on any atom is 0.233 e. The van der Waals surface area contributed by atoms with Crippen LogP contribution >= 0.6 is 11.3 Å². The second-order valence-corrected chi connectivity index (χ2v) is 8.90. The fourth-order valence-corrected chi connectivity index (χ4v) is 4.99. The van der Waals surface area contributed by atoms with E-state index in [1.165, 1.54) is 16.9 Å². The molecular formula is C26H22N2O2S. The molecule has 5 rings (SSSR count). The van der Waals surface area contributed by atoms with Crippen molar-refractivity contribution in [1.29, 1.82) is 0 Å². The number of fused-ring (bicyclic) bond motifs is 1. The summed E-state index contributed by atoms with van der Waals surface area (Å²) < 4.78 is 6.09. The number of nitrogens with zero attached hydrogens (tertiary/aromatic N) is 1. The van der Waals surface area contributed by atoms with E-state index >= 15 is 0 Å². The third-order valence-corrected chi connectivity index (χ3v) is 6.59. The topological polar surface area (TPSA) is 51.2 Å². The zero-order valence-electron chi connectivity index (χ0n) is 17.1. The number of aromatic nitrogens is 1. The zero-order chi connectivity index (χ0) is 21.3. The summed E-state index contributed by atoms with van der Waals surface area (Å²) in [5.41, 5.74) is 2.79. The molecule has 0 aliphatic heterocycles. The number of benzene rings is 3. The van der Waals surface area contributed by atoms with Gasteiger partial charge in [0.2, 0.25) is 5.91 Å². The molecule has 1 amide bonds. The van der Waals surface area contributed by atoms with Crippen molar-refractivity contribution in [3.05, 3.63) is 107 Å². The quantitative estimate of drug-likeness (QED) is 0.409. The SMILES string of the molecule is C[C@]1(C(=O)Nc2nccs2)Cc2ccc(Oc3ccccc3)cc2[C@H]1c1ccccc1. The number of nitrogens with one attached hydrogen (secondary N) is 1. The van der Waals surface area contributed by atoms with Crippen LogP contribution in [-0.2, 0) is 11.2 Å². The molecule has 31 heavy (non-hydrogen) atoms. The Kier molecular flexibility index (Phi) is 5.04. The van der Waals surface area contributed by atoms with E-state index < -0.39 is 5.41 Å². The summed E-state index contributed by atoms with van der Waals surface area (Å²) in [7, 11) is 0. The van der Waals surface area contributed by atoms with Gasteiger partial charge in [-0.1, -0.05) is 54.6 Å². The molecule has 1 aromatic heterocycles. The van der Waals surface area contributed by atoms with E-state index in [0.717, 1.165) is 22.6 Å². The normalized spacial score (nSPS) is 19.6. The van der Waals surface area contributed by atoms with E-state index in [1.807, 2.05) is 66.9 Å². The average Bonchev–Trinajstić information content (AvgIpc) is 3.40. The standard InChI is InChI=1S/C26H22N2O2S/c1-26(24(29)28-25-27-14-15-31-25)17-19-12-13-21(30-20-10-6-3-7-11-20)16-22(19)23(26)18-8-4-2-5-9-18/h2-16,23H,17H2,1H3,(H,27,28,29)/t23-,26+/m1/s1. The van der Waals surface area contributed by atoms with Gasteiger partial charge in [0.05, 0.1) is 5.41 Å². The van der Waals surface area contributed by atoms with E-state index in [4.69, 9.17) is 4.74 Å². The first kappa shape index (κ1) is 19.5. The Labute approximate surface area is 185 Å². The van der Waals surface area contributed by atoms with Crippen molar-refractivity contribution in [2.75, 3.05) is 5.32 Å². The van der Waals surface area contributed by atoms with Gasteiger partial charge in [0.25, 0.3) is 0 Å². The number of carbonyl (C=O) groups excluding carboxylic acids is 1. The van der Waals surface area contributed by atoms with Crippen LogP contribution in [0.4, 0.5) is 5.13 Å². The number of hydrogen-bond acceptors (Lipinski definition) is 4. The second kappa shape index (κ2) is 8.00. The molecule has 154 valence electrons. The van der Waals surface area contributed by atoms with Crippen molar-refractivity contribution >= 4 is 22.4 Å². The number of thiazole rings is 1. The highest BCUT2D eigenvalue weighted by Gasteiger charge is 2.49. The third kappa shape index (κ3) is 3.73. The minimum Gasteiger partial charge on any atom is -0.457 e. The lowest BCUT2D eigenvalue weighted by Crippen LogP contribution is -2.37. The number of carbonyl (C=O) groups is 1. The number of hydrogen-bond donors (Lipinski definition) is 1. The molecular weight excluding hydrogens is 404 g/mol. The molecule has 1 aliphatic carbocycles. The molecule has 0 radical (unpaired) electrons. The van der Waals surface area contributed by atoms with E-state index in [1.54, 1.807) is 6.20 Å². The minimum atomic E-state index is -0.638. The van der Waals surface area contributed by atoms with Crippen molar-refractivity contribution in [3.8, 4) is 11.5 Å². The maximum atomic E-state index is 13.5. The molecule has 1 aliphatic rings. The Morgan fingerprint density at radius 2 is 1.77 bits per heavy atom. The number of amides is 1. The van der Waals surface area contributed by atoms with E-state index in [9.17, 15) is 4.79 Å². The summed E-state index contributed by atoms with van der Waals surface area (Å²) in [5, 5.41) is 5.52. The van der Waals surface area contributed by atoms with Gasteiger partial charge in [-0.25, -0.2) is 4.98 Å². The van der Waals surface area contributed by atoms with Gasteiger partial charge in [0.1, 0.15) is 11.5 Å². The highest BCUT2D eigenvalue weighted by atomic mass is 32.1. The molecule has 5 heteroatoms. The fraction of sp³-hybridized carbons (Fsp3) is 0.154. The summed E-state index contributed by atoms with van der Waals surface area (Å²) in [5.74, 6) is 1.47. The van der Waals surface area contributed by atoms with E-state index in [0.29, 0.717) is 11.6 Å². The van der Waals surface area contributed by atoms with Crippen LogP contribution < -0.4 is 10.1 Å². The van der Waals surface area contributed by atoms with Crippen molar-refractivity contribution in [1.82, 2.24) is 4.98 Å². The lowest BCUT2D eigenvalue weighted by Gasteiger charge is -2.31. The summed E-state index contributed by atoms with van der Waals surface area (Å²) >= 11 is 1.43. The number of para-hydroxylation sites is 1. The number of rotatable bonds is 5. The number of anilines is 1. The molecule has 1 N–H and O–H groups in total. The monoisotopic (exact) mass is 426 g/mol. The zero-order valence-corrected chi connectivity index (χ0v) is 17.9. The van der Waals surface area contributed by atoms with E-state index in [2.05, 4.69) is 34.6 Å². The maximum absolute atomic E-state index is 13.5. The molecule has 3 aromatic carbocycles. The van der Waals surface area contributed by atoms with E-state index in [-0.39, 0.29) is 11.8 Å². The Morgan fingerprint density at radius 3 is 2.48 bits per heavy atom. The molecule has 0 saturated carbocycles. The van der Waals surface area contributed by atoms with Gasteiger partial charge in [0.15, 0.2) is 5.13 Å². The van der Waals surface area contributed by atoms with Gasteiger partial charge in [0, 0.05) is 17.5 Å². The predicted molar refractivity (Wildman–Crippen MR) is 124 cm³/mol. The van der Waals surface area contributed by atoms with Gasteiger partial charge in [-0.15, -0.1) is 11.3 Å². The Bertz CT molecular complexity index is 1190. The van der Waals surface area contributed by atoms with Crippen LogP contribution in [0.3, 0.4) is 0 Å². The summed E-state index contributed by atoms with van der Waals surface area (Å²) in [6.45, 7) is 2.05. The molecule has 1 heterocycles. The van der Waals surface area contributed by atoms with Crippen LogP contribution in [0.2, 0.25) is 0 Å². The minimum absolute atomic E-state index is 0.0157. The lowest BCUT2D eigenvalue weighted by molar-refractivity contribution is -0.125. The van der Waals surface area contributed by atoms with Crippen LogP contribution in [0.1, 0.15) is 29.5 Å². The highest BCUT2D eigenvalue weighted by Crippen LogP contribution is 2.52. The average molecular weight is 427 g/mol. The van der Waals surface area contributed by atoms with Gasteiger partial charge in [-0.05, 0) is 54.3 Å². The molecule has 0 bridgehead atoms. The Morgan fingerprint density at radius 1 is 1.03 bits per heavy atom. The van der Waals surface area contributed by atoms with Crippen molar-refractivity contribution in [2.24, 2.45) is 5.41 Å². The first-order valence-corrected chi connectivity index (χ1v) is 11.1. The van der Waals surface area contributed by atoms with Crippen LogP contribution in [0, 0.1) is 5.41 Å². The van der Waals surface area contributed by atoms with Crippen LogP contribution in [0.5, 0.6) is 11.5 Å². The first-order chi connectivity index (χ1) is 15.1. The molecule has 4 aromatic rings. The first-order valence-electron chi connectivity index (χ1n) is 10.2. The molecule has 0 fully saturated rings.